The van der Waals surface area contributed by atoms with E-state index in [0.717, 1.165) is 11.5 Å². The van der Waals surface area contributed by atoms with Gasteiger partial charge in [-0.2, -0.15) is 4.37 Å². The standard InChI is InChI=1S/C11H17N3O3S/c1-4-14(5-2)8(15)6-17-11(16)9-7(3)13-18-10(9)12/h4-6,12H2,1-3H3. The molecule has 1 aromatic heterocycles. The Morgan fingerprint density at radius 1 is 1.39 bits per heavy atom. The lowest BCUT2D eigenvalue weighted by Gasteiger charge is -2.18. The van der Waals surface area contributed by atoms with E-state index in [0.29, 0.717) is 23.8 Å². The number of anilines is 1. The van der Waals surface area contributed by atoms with Gasteiger partial charge in [0.2, 0.25) is 0 Å². The molecule has 0 aliphatic heterocycles. The molecule has 0 atom stereocenters. The number of carbonyl (C=O) groups excluding carboxylic acids is 2. The highest BCUT2D eigenvalue weighted by atomic mass is 32.1. The third-order valence-corrected chi connectivity index (χ3v) is 3.30. The average Bonchev–Trinajstić information content (AvgIpc) is 2.67. The molecule has 1 rings (SSSR count). The van der Waals surface area contributed by atoms with Crippen LogP contribution in [-0.2, 0) is 9.53 Å². The fourth-order valence-corrected chi connectivity index (χ4v) is 2.15. The number of nitrogens with two attached hydrogens (primary N) is 1. The number of nitrogens with zero attached hydrogens (tertiary/aromatic N) is 2. The van der Waals surface area contributed by atoms with E-state index in [1.807, 2.05) is 13.8 Å². The monoisotopic (exact) mass is 271 g/mol. The van der Waals surface area contributed by atoms with Crippen LogP contribution in [0.1, 0.15) is 29.9 Å². The van der Waals surface area contributed by atoms with Crippen molar-refractivity contribution in [2.24, 2.45) is 0 Å². The maximum absolute atomic E-state index is 11.7. The van der Waals surface area contributed by atoms with Crippen molar-refractivity contribution < 1.29 is 14.3 Å². The first-order valence-corrected chi connectivity index (χ1v) is 6.45. The van der Waals surface area contributed by atoms with Crippen LogP contribution in [0.5, 0.6) is 0 Å². The summed E-state index contributed by atoms with van der Waals surface area (Å²) in [6, 6.07) is 0. The van der Waals surface area contributed by atoms with Crippen LogP contribution in [0.15, 0.2) is 0 Å². The van der Waals surface area contributed by atoms with Crippen LogP contribution in [0.3, 0.4) is 0 Å². The molecule has 1 aromatic rings. The number of hydrogen-bond acceptors (Lipinski definition) is 6. The molecule has 0 saturated heterocycles. The molecular formula is C11H17N3O3S. The maximum Gasteiger partial charge on any atom is 0.343 e. The summed E-state index contributed by atoms with van der Waals surface area (Å²) in [6.07, 6.45) is 0. The second kappa shape index (κ2) is 6.34. The molecule has 0 unspecified atom stereocenters. The fraction of sp³-hybridized carbons (Fsp3) is 0.545. The van der Waals surface area contributed by atoms with Crippen LogP contribution in [0, 0.1) is 6.92 Å². The van der Waals surface area contributed by atoms with Crippen LogP contribution in [0.4, 0.5) is 5.00 Å². The van der Waals surface area contributed by atoms with Gasteiger partial charge < -0.3 is 15.4 Å². The van der Waals surface area contributed by atoms with Gasteiger partial charge in [-0.3, -0.25) is 4.79 Å². The largest absolute Gasteiger partial charge is 0.452 e. The van der Waals surface area contributed by atoms with Gasteiger partial charge in [-0.25, -0.2) is 4.79 Å². The quantitative estimate of drug-likeness (QED) is 0.809. The maximum atomic E-state index is 11.7. The molecule has 18 heavy (non-hydrogen) atoms. The fourth-order valence-electron chi connectivity index (χ4n) is 1.50. The Morgan fingerprint density at radius 3 is 2.44 bits per heavy atom. The number of aromatic nitrogens is 1. The predicted octanol–water partition coefficient (Wildman–Crippen LogP) is 1.06. The van der Waals surface area contributed by atoms with E-state index in [1.165, 1.54) is 0 Å². The number of nitrogen functional groups attached to an aromatic ring is 1. The van der Waals surface area contributed by atoms with Crippen LogP contribution in [-0.4, -0.2) is 40.8 Å². The third-order valence-electron chi connectivity index (χ3n) is 2.54. The van der Waals surface area contributed by atoms with Crippen molar-refractivity contribution in [2.75, 3.05) is 25.4 Å². The molecule has 0 spiro atoms. The zero-order valence-corrected chi connectivity index (χ0v) is 11.5. The summed E-state index contributed by atoms with van der Waals surface area (Å²) >= 11 is 1.04. The summed E-state index contributed by atoms with van der Waals surface area (Å²) in [5.74, 6) is -0.813. The minimum Gasteiger partial charge on any atom is -0.452 e. The van der Waals surface area contributed by atoms with Gasteiger partial charge in [0, 0.05) is 13.1 Å². The van der Waals surface area contributed by atoms with Crippen molar-refractivity contribution in [1.82, 2.24) is 9.27 Å². The zero-order valence-electron chi connectivity index (χ0n) is 10.7. The number of likely N-dealkylation sites (N-methyl/N-ethyl adjacent to an activating group) is 1. The number of aryl methyl sites for hydroxylation is 1. The van der Waals surface area contributed by atoms with E-state index < -0.39 is 5.97 Å². The van der Waals surface area contributed by atoms with E-state index in [4.69, 9.17) is 10.5 Å². The predicted molar refractivity (Wildman–Crippen MR) is 69.5 cm³/mol. The first-order chi connectivity index (χ1) is 8.51. The van der Waals surface area contributed by atoms with E-state index in [9.17, 15) is 9.59 Å². The minimum atomic E-state index is -0.598. The second-order valence-electron chi connectivity index (χ2n) is 3.65. The smallest absolute Gasteiger partial charge is 0.343 e. The number of carbonyl (C=O) groups is 2. The molecule has 0 fully saturated rings. The minimum absolute atomic E-state index is 0.215. The molecule has 0 saturated carbocycles. The molecule has 0 bridgehead atoms. The number of rotatable bonds is 5. The first-order valence-electron chi connectivity index (χ1n) is 5.67. The molecule has 7 heteroatoms. The lowest BCUT2D eigenvalue weighted by molar-refractivity contribution is -0.134. The summed E-state index contributed by atoms with van der Waals surface area (Å²) in [7, 11) is 0. The van der Waals surface area contributed by atoms with Crippen LogP contribution >= 0.6 is 11.5 Å². The van der Waals surface area contributed by atoms with Crippen molar-refractivity contribution in [1.29, 1.82) is 0 Å². The molecule has 0 aliphatic carbocycles. The van der Waals surface area contributed by atoms with Gasteiger partial charge in [-0.05, 0) is 32.3 Å². The van der Waals surface area contributed by atoms with Crippen molar-refractivity contribution in [3.8, 4) is 0 Å². The highest BCUT2D eigenvalue weighted by Gasteiger charge is 2.20. The molecule has 100 valence electrons. The van der Waals surface area contributed by atoms with Crippen molar-refractivity contribution >= 4 is 28.4 Å². The summed E-state index contributed by atoms with van der Waals surface area (Å²) in [6.45, 7) is 6.33. The third kappa shape index (κ3) is 3.19. The van der Waals surface area contributed by atoms with Crippen LogP contribution in [0.25, 0.3) is 0 Å². The van der Waals surface area contributed by atoms with Gasteiger partial charge in [0.05, 0.1) is 5.69 Å². The molecular weight excluding hydrogens is 254 g/mol. The molecule has 0 aromatic carbocycles. The van der Waals surface area contributed by atoms with E-state index in [-0.39, 0.29) is 18.1 Å². The molecule has 0 radical (unpaired) electrons. The number of ether oxygens (including phenoxy) is 1. The Morgan fingerprint density at radius 2 is 2.00 bits per heavy atom. The number of esters is 1. The average molecular weight is 271 g/mol. The highest BCUT2D eigenvalue weighted by molar-refractivity contribution is 7.10. The molecule has 1 amide bonds. The SMILES string of the molecule is CCN(CC)C(=O)COC(=O)c1c(C)nsc1N. The molecule has 1 heterocycles. The van der Waals surface area contributed by atoms with Gasteiger partial charge in [-0.1, -0.05) is 0 Å². The van der Waals surface area contributed by atoms with Gasteiger partial charge in [0.25, 0.3) is 5.91 Å². The van der Waals surface area contributed by atoms with Gasteiger partial charge in [0.15, 0.2) is 6.61 Å². The van der Waals surface area contributed by atoms with E-state index >= 15 is 0 Å². The number of amides is 1. The Kier molecular flexibility index (Phi) is 5.08. The Bertz CT molecular complexity index is 421. The summed E-state index contributed by atoms with van der Waals surface area (Å²) in [5.41, 5.74) is 6.40. The normalized spacial score (nSPS) is 10.2. The van der Waals surface area contributed by atoms with Crippen LogP contribution < -0.4 is 5.73 Å². The van der Waals surface area contributed by atoms with Crippen molar-refractivity contribution in [3.05, 3.63) is 11.3 Å². The Hall–Kier alpha value is -1.63. The van der Waals surface area contributed by atoms with Gasteiger partial charge in [-0.15, -0.1) is 0 Å². The van der Waals surface area contributed by atoms with E-state index in [1.54, 1.807) is 11.8 Å². The molecule has 2 N–H and O–H groups in total. The zero-order chi connectivity index (χ0) is 13.7. The van der Waals surface area contributed by atoms with Crippen molar-refractivity contribution in [3.63, 3.8) is 0 Å². The Balaban J connectivity index is 2.59. The van der Waals surface area contributed by atoms with Gasteiger partial charge >= 0.3 is 5.97 Å². The summed E-state index contributed by atoms with van der Waals surface area (Å²) in [5, 5.41) is 0.313. The molecule has 0 aliphatic rings. The lowest BCUT2D eigenvalue weighted by atomic mass is 10.2. The summed E-state index contributed by atoms with van der Waals surface area (Å²) < 4.78 is 8.90. The summed E-state index contributed by atoms with van der Waals surface area (Å²) in [4.78, 5) is 25.0. The van der Waals surface area contributed by atoms with Crippen molar-refractivity contribution in [2.45, 2.75) is 20.8 Å². The highest BCUT2D eigenvalue weighted by Crippen LogP contribution is 2.21. The molecule has 6 nitrogen and oxygen atoms in total. The topological polar surface area (TPSA) is 85.5 Å². The van der Waals surface area contributed by atoms with Gasteiger partial charge in [0.1, 0.15) is 10.6 Å². The number of hydrogen-bond donors (Lipinski definition) is 1. The first kappa shape index (κ1) is 14.4. The Labute approximate surface area is 110 Å². The van der Waals surface area contributed by atoms with E-state index in [2.05, 4.69) is 4.37 Å². The lowest BCUT2D eigenvalue weighted by Crippen LogP contribution is -2.34. The second-order valence-corrected chi connectivity index (χ2v) is 4.45. The van der Waals surface area contributed by atoms with Crippen LogP contribution in [0.2, 0.25) is 0 Å².